The first-order chi connectivity index (χ1) is 12.7. The van der Waals surface area contributed by atoms with Crippen LogP contribution in [0, 0.1) is 0 Å². The van der Waals surface area contributed by atoms with Gasteiger partial charge in [-0.25, -0.2) is 4.98 Å². The van der Waals surface area contributed by atoms with Crippen LogP contribution in [0.1, 0.15) is 30.1 Å². The average molecular weight is 352 g/mol. The summed E-state index contributed by atoms with van der Waals surface area (Å²) in [6.45, 7) is 6.36. The molecule has 1 saturated heterocycles. The zero-order valence-electron chi connectivity index (χ0n) is 15.8. The maximum Gasteiger partial charge on any atom is 0.254 e. The Morgan fingerprint density at radius 1 is 1.12 bits per heavy atom. The number of pyridine rings is 1. The smallest absolute Gasteiger partial charge is 0.254 e. The molecular weight excluding hydrogens is 324 g/mol. The highest BCUT2D eigenvalue weighted by Gasteiger charge is 2.22. The second-order valence-electron chi connectivity index (χ2n) is 6.79. The molecule has 1 aliphatic heterocycles. The summed E-state index contributed by atoms with van der Waals surface area (Å²) in [5, 5.41) is 0. The van der Waals surface area contributed by atoms with Crippen molar-refractivity contribution in [1.82, 2.24) is 9.88 Å². The van der Waals surface area contributed by atoms with Gasteiger partial charge in [0, 0.05) is 57.2 Å². The minimum atomic E-state index is 0.102. The van der Waals surface area contributed by atoms with Gasteiger partial charge in [-0.1, -0.05) is 31.5 Å². The first-order valence-electron chi connectivity index (χ1n) is 9.45. The second-order valence-corrected chi connectivity index (χ2v) is 6.79. The van der Waals surface area contributed by atoms with Gasteiger partial charge < -0.3 is 14.7 Å². The van der Waals surface area contributed by atoms with Gasteiger partial charge in [-0.3, -0.25) is 4.79 Å². The van der Waals surface area contributed by atoms with Crippen molar-refractivity contribution in [3.8, 4) is 0 Å². The van der Waals surface area contributed by atoms with Crippen molar-refractivity contribution in [2.45, 2.75) is 19.8 Å². The van der Waals surface area contributed by atoms with Crippen LogP contribution < -0.4 is 9.80 Å². The monoisotopic (exact) mass is 352 g/mol. The Bertz CT molecular complexity index is 711. The van der Waals surface area contributed by atoms with Crippen molar-refractivity contribution in [1.29, 1.82) is 0 Å². The Labute approximate surface area is 156 Å². The number of piperazine rings is 1. The highest BCUT2D eigenvalue weighted by molar-refractivity contribution is 5.95. The van der Waals surface area contributed by atoms with Gasteiger partial charge in [-0.2, -0.15) is 0 Å². The van der Waals surface area contributed by atoms with E-state index in [1.165, 1.54) is 5.69 Å². The molecule has 0 N–H and O–H groups in total. The zero-order valence-corrected chi connectivity index (χ0v) is 15.8. The highest BCUT2D eigenvalue weighted by Crippen LogP contribution is 2.18. The van der Waals surface area contributed by atoms with E-state index < -0.39 is 0 Å². The fourth-order valence-corrected chi connectivity index (χ4v) is 3.26. The van der Waals surface area contributed by atoms with Crippen molar-refractivity contribution in [3.05, 3.63) is 54.2 Å². The van der Waals surface area contributed by atoms with Gasteiger partial charge in [0.1, 0.15) is 5.82 Å². The van der Waals surface area contributed by atoms with Crippen LogP contribution in [-0.4, -0.2) is 55.6 Å². The fraction of sp³-hybridized carbons (Fsp3) is 0.429. The number of carbonyl (C=O) groups is 1. The minimum Gasteiger partial charge on any atom is -0.368 e. The highest BCUT2D eigenvalue weighted by atomic mass is 16.2. The number of hydrogen-bond donors (Lipinski definition) is 0. The Morgan fingerprint density at radius 3 is 2.54 bits per heavy atom. The quantitative estimate of drug-likeness (QED) is 0.800. The predicted molar refractivity (Wildman–Crippen MR) is 107 cm³/mol. The number of amides is 1. The summed E-state index contributed by atoms with van der Waals surface area (Å²) in [7, 11) is 2.03. The lowest BCUT2D eigenvalue weighted by Crippen LogP contribution is -2.48. The van der Waals surface area contributed by atoms with E-state index in [1.54, 1.807) is 6.20 Å². The van der Waals surface area contributed by atoms with Crippen molar-refractivity contribution in [3.63, 3.8) is 0 Å². The van der Waals surface area contributed by atoms with E-state index in [0.29, 0.717) is 0 Å². The Morgan fingerprint density at radius 2 is 1.85 bits per heavy atom. The number of aromatic nitrogens is 1. The molecule has 0 unspecified atom stereocenters. The third-order valence-corrected chi connectivity index (χ3v) is 4.92. The molecule has 1 fully saturated rings. The van der Waals surface area contributed by atoms with Crippen LogP contribution in [0.4, 0.5) is 11.5 Å². The first-order valence-corrected chi connectivity index (χ1v) is 9.45. The van der Waals surface area contributed by atoms with Crippen LogP contribution in [0.2, 0.25) is 0 Å². The zero-order chi connectivity index (χ0) is 18.4. The van der Waals surface area contributed by atoms with Gasteiger partial charge in [-0.15, -0.1) is 0 Å². The van der Waals surface area contributed by atoms with E-state index in [2.05, 4.69) is 46.0 Å². The molecule has 2 aromatic rings. The number of carbonyl (C=O) groups excluding carboxylic acids is 1. The van der Waals surface area contributed by atoms with Gasteiger partial charge >= 0.3 is 0 Å². The normalized spacial score (nSPS) is 14.4. The van der Waals surface area contributed by atoms with Gasteiger partial charge in [0.05, 0.1) is 0 Å². The van der Waals surface area contributed by atoms with Gasteiger partial charge in [0.15, 0.2) is 0 Å². The van der Waals surface area contributed by atoms with Crippen LogP contribution in [-0.2, 0) is 0 Å². The lowest BCUT2D eigenvalue weighted by molar-refractivity contribution is 0.0746. The maximum absolute atomic E-state index is 12.9. The molecule has 5 heteroatoms. The number of nitrogens with zero attached hydrogens (tertiary/aromatic N) is 4. The van der Waals surface area contributed by atoms with E-state index in [9.17, 15) is 4.79 Å². The molecule has 1 aliphatic rings. The molecule has 0 saturated carbocycles. The predicted octanol–water partition coefficient (Wildman–Crippen LogP) is 3.28. The number of benzene rings is 1. The molecule has 0 aliphatic carbocycles. The molecule has 1 amide bonds. The molecule has 0 bridgehead atoms. The molecule has 5 nitrogen and oxygen atoms in total. The molecule has 0 spiro atoms. The summed E-state index contributed by atoms with van der Waals surface area (Å²) in [5.74, 6) is 0.970. The largest absolute Gasteiger partial charge is 0.368 e. The van der Waals surface area contributed by atoms with E-state index in [-0.39, 0.29) is 5.91 Å². The third-order valence-electron chi connectivity index (χ3n) is 4.92. The molecule has 26 heavy (non-hydrogen) atoms. The van der Waals surface area contributed by atoms with E-state index in [4.69, 9.17) is 0 Å². The molecule has 3 rings (SSSR count). The van der Waals surface area contributed by atoms with Crippen molar-refractivity contribution in [2.75, 3.05) is 49.6 Å². The van der Waals surface area contributed by atoms with Crippen molar-refractivity contribution in [2.24, 2.45) is 0 Å². The summed E-state index contributed by atoms with van der Waals surface area (Å²) in [5.41, 5.74) is 1.95. The number of anilines is 2. The van der Waals surface area contributed by atoms with Crippen LogP contribution in [0.5, 0.6) is 0 Å². The second kappa shape index (κ2) is 8.70. The van der Waals surface area contributed by atoms with Gasteiger partial charge in [0.25, 0.3) is 5.91 Å². The van der Waals surface area contributed by atoms with E-state index in [1.807, 2.05) is 30.1 Å². The summed E-state index contributed by atoms with van der Waals surface area (Å²) in [6, 6.07) is 14.1. The van der Waals surface area contributed by atoms with Crippen LogP contribution >= 0.6 is 0 Å². The number of hydrogen-bond acceptors (Lipinski definition) is 4. The lowest BCUT2D eigenvalue weighted by atomic mass is 10.2. The molecule has 2 heterocycles. The van der Waals surface area contributed by atoms with E-state index in [0.717, 1.165) is 56.9 Å². The lowest BCUT2D eigenvalue weighted by Gasteiger charge is -2.36. The summed E-state index contributed by atoms with van der Waals surface area (Å²) >= 11 is 0. The number of rotatable bonds is 6. The summed E-state index contributed by atoms with van der Waals surface area (Å²) in [6.07, 6.45) is 4.01. The Kier molecular flexibility index (Phi) is 6.10. The SMILES string of the molecule is CCCCN(C)c1cc(C(=O)N2CCN(c3ccccc3)CC2)ccn1. The van der Waals surface area contributed by atoms with Crippen LogP contribution in [0.25, 0.3) is 0 Å². The van der Waals surface area contributed by atoms with Crippen LogP contribution in [0.3, 0.4) is 0 Å². The number of unbranched alkanes of at least 4 members (excludes halogenated alkanes) is 1. The average Bonchev–Trinajstić information content (AvgIpc) is 2.72. The first kappa shape index (κ1) is 18.2. The maximum atomic E-state index is 12.9. The molecule has 138 valence electrons. The molecule has 0 radical (unpaired) electrons. The number of para-hydroxylation sites is 1. The van der Waals surface area contributed by atoms with E-state index >= 15 is 0 Å². The Hall–Kier alpha value is -2.56. The molecule has 0 atom stereocenters. The minimum absolute atomic E-state index is 0.102. The van der Waals surface area contributed by atoms with Gasteiger partial charge in [0.2, 0.25) is 0 Å². The Balaban J connectivity index is 1.62. The third kappa shape index (κ3) is 4.34. The standard InChI is InChI=1S/C21H28N4O/c1-3-4-12-23(2)20-17-18(10-11-22-20)21(26)25-15-13-24(14-16-25)19-8-6-5-7-9-19/h5-11,17H,3-4,12-16H2,1-2H3. The summed E-state index contributed by atoms with van der Waals surface area (Å²) in [4.78, 5) is 23.7. The van der Waals surface area contributed by atoms with Crippen LogP contribution in [0.15, 0.2) is 48.7 Å². The topological polar surface area (TPSA) is 39.7 Å². The summed E-state index contributed by atoms with van der Waals surface area (Å²) < 4.78 is 0. The van der Waals surface area contributed by atoms with Crippen molar-refractivity contribution >= 4 is 17.4 Å². The van der Waals surface area contributed by atoms with Crippen molar-refractivity contribution < 1.29 is 4.79 Å². The van der Waals surface area contributed by atoms with Gasteiger partial charge in [-0.05, 0) is 30.7 Å². The molecule has 1 aromatic heterocycles. The molecular formula is C21H28N4O. The fourth-order valence-electron chi connectivity index (χ4n) is 3.26. The molecule has 1 aromatic carbocycles.